The highest BCUT2D eigenvalue weighted by Gasteiger charge is 2.26. The van der Waals surface area contributed by atoms with E-state index in [0.29, 0.717) is 0 Å². The van der Waals surface area contributed by atoms with E-state index in [1.54, 1.807) is 0 Å². The summed E-state index contributed by atoms with van der Waals surface area (Å²) >= 11 is 0. The fraction of sp³-hybridized carbons (Fsp3) is 0.130. The van der Waals surface area contributed by atoms with Crippen LogP contribution < -0.4 is 0 Å². The molecule has 6 aromatic carbocycles. The van der Waals surface area contributed by atoms with E-state index in [9.17, 15) is 0 Å². The molecule has 47 heavy (non-hydrogen) atoms. The molecule has 0 saturated carbocycles. The SMILES string of the molecule is C=Cc1c(CC)c2ccccc2n1-c1ccc(-c2c3c(c(-c4ccc5ccccc5c4)c4ccccc24)CCC=C3)c2c1C=CCC2. The third kappa shape index (κ3) is 4.23. The van der Waals surface area contributed by atoms with Gasteiger partial charge in [0, 0.05) is 16.6 Å². The van der Waals surface area contributed by atoms with Gasteiger partial charge in [0.15, 0.2) is 0 Å². The van der Waals surface area contributed by atoms with E-state index in [2.05, 4.69) is 146 Å². The van der Waals surface area contributed by atoms with Gasteiger partial charge in [0.2, 0.25) is 0 Å². The number of aryl methyl sites for hydroxylation is 1. The fourth-order valence-corrected chi connectivity index (χ4v) is 8.49. The number of hydrogen-bond acceptors (Lipinski definition) is 0. The highest BCUT2D eigenvalue weighted by Crippen LogP contribution is 2.47. The van der Waals surface area contributed by atoms with Crippen molar-refractivity contribution in [2.24, 2.45) is 0 Å². The number of benzene rings is 6. The van der Waals surface area contributed by atoms with Gasteiger partial charge in [-0.05, 0) is 122 Å². The highest BCUT2D eigenvalue weighted by atomic mass is 15.0. The zero-order chi connectivity index (χ0) is 31.5. The second kappa shape index (κ2) is 11.1. The van der Waals surface area contributed by atoms with E-state index in [1.807, 2.05) is 6.08 Å². The van der Waals surface area contributed by atoms with Gasteiger partial charge in [0.25, 0.3) is 0 Å². The molecule has 1 heteroatoms. The number of hydrogen-bond donors (Lipinski definition) is 0. The van der Waals surface area contributed by atoms with Gasteiger partial charge in [-0.3, -0.25) is 0 Å². The molecule has 0 unspecified atom stereocenters. The number of nitrogens with zero attached hydrogens (tertiary/aromatic N) is 1. The van der Waals surface area contributed by atoms with Gasteiger partial charge >= 0.3 is 0 Å². The normalized spacial score (nSPS) is 13.7. The summed E-state index contributed by atoms with van der Waals surface area (Å²) in [4.78, 5) is 0. The van der Waals surface area contributed by atoms with Crippen LogP contribution in [0.25, 0.3) is 78.6 Å². The molecule has 0 aliphatic heterocycles. The molecule has 7 aromatic rings. The lowest BCUT2D eigenvalue weighted by Crippen LogP contribution is -2.08. The Morgan fingerprint density at radius 1 is 0.660 bits per heavy atom. The Bertz CT molecular complexity index is 2460. The summed E-state index contributed by atoms with van der Waals surface area (Å²) in [6.45, 7) is 6.53. The maximum Gasteiger partial charge on any atom is 0.0537 e. The van der Waals surface area contributed by atoms with Gasteiger partial charge in [-0.25, -0.2) is 0 Å². The van der Waals surface area contributed by atoms with Crippen LogP contribution in [0.15, 0.2) is 122 Å². The summed E-state index contributed by atoms with van der Waals surface area (Å²) in [7, 11) is 0. The van der Waals surface area contributed by atoms with Crippen LogP contribution in [0.1, 0.15) is 53.3 Å². The van der Waals surface area contributed by atoms with Gasteiger partial charge in [-0.1, -0.05) is 123 Å². The number of para-hydroxylation sites is 1. The van der Waals surface area contributed by atoms with E-state index in [1.165, 1.54) is 93.9 Å². The first-order valence-electron chi connectivity index (χ1n) is 17.1. The quantitative estimate of drug-likeness (QED) is 0.184. The average molecular weight is 604 g/mol. The number of fused-ring (bicyclic) bond motifs is 5. The summed E-state index contributed by atoms with van der Waals surface area (Å²) < 4.78 is 2.45. The summed E-state index contributed by atoms with van der Waals surface area (Å²) in [5.74, 6) is 0. The van der Waals surface area contributed by atoms with Gasteiger partial charge < -0.3 is 4.57 Å². The van der Waals surface area contributed by atoms with Crippen LogP contribution in [0.3, 0.4) is 0 Å². The lowest BCUT2D eigenvalue weighted by Gasteiger charge is -2.27. The van der Waals surface area contributed by atoms with Crippen LogP contribution in [0.2, 0.25) is 0 Å². The molecule has 9 rings (SSSR count). The van der Waals surface area contributed by atoms with Crippen molar-refractivity contribution in [3.05, 3.63) is 155 Å². The molecule has 2 aliphatic carbocycles. The van der Waals surface area contributed by atoms with Crippen LogP contribution in [0, 0.1) is 0 Å². The molecule has 0 N–H and O–H groups in total. The maximum atomic E-state index is 4.28. The standard InChI is InChI=1S/C46H37N/c1-3-33-35-18-13-14-24-43(35)47(42(33)4-2)44-28-27-41(34-17-7-8-19-36(34)44)46-39-22-11-9-20-37(39)45(38-21-10-12-23-40(38)46)32-26-25-30-15-5-6-16-31(30)29-32/h4-6,8-9,11-16,18-20,22-29H,2-3,7,10,17,21H2,1H3. The highest BCUT2D eigenvalue weighted by molar-refractivity contribution is 6.11. The Balaban J connectivity index is 1.34. The monoisotopic (exact) mass is 603 g/mol. The molecular weight excluding hydrogens is 567 g/mol. The Morgan fingerprint density at radius 2 is 1.34 bits per heavy atom. The van der Waals surface area contributed by atoms with Crippen molar-refractivity contribution in [3.63, 3.8) is 0 Å². The molecule has 0 atom stereocenters. The van der Waals surface area contributed by atoms with Crippen LogP contribution in [0.4, 0.5) is 0 Å². The van der Waals surface area contributed by atoms with Gasteiger partial charge in [0.1, 0.15) is 0 Å². The van der Waals surface area contributed by atoms with Crippen molar-refractivity contribution in [2.75, 3.05) is 0 Å². The van der Waals surface area contributed by atoms with Gasteiger partial charge in [0.05, 0.1) is 11.2 Å². The second-order valence-corrected chi connectivity index (χ2v) is 12.9. The minimum Gasteiger partial charge on any atom is -0.309 e. The largest absolute Gasteiger partial charge is 0.309 e. The van der Waals surface area contributed by atoms with Crippen molar-refractivity contribution in [1.29, 1.82) is 0 Å². The summed E-state index contributed by atoms with van der Waals surface area (Å²) in [5.41, 5.74) is 16.1. The maximum absolute atomic E-state index is 4.28. The predicted octanol–water partition coefficient (Wildman–Crippen LogP) is 12.4. The Kier molecular flexibility index (Phi) is 6.61. The third-order valence-corrected chi connectivity index (χ3v) is 10.5. The molecule has 0 saturated heterocycles. The first-order chi connectivity index (χ1) is 23.3. The lowest BCUT2D eigenvalue weighted by molar-refractivity contribution is 0.970. The number of allylic oxidation sites excluding steroid dienone is 2. The topological polar surface area (TPSA) is 4.93 Å². The molecule has 1 aromatic heterocycles. The summed E-state index contributed by atoms with van der Waals surface area (Å²) in [6.07, 6.45) is 16.7. The molecule has 1 heterocycles. The summed E-state index contributed by atoms with van der Waals surface area (Å²) in [5, 5.41) is 6.56. The average Bonchev–Trinajstić information content (AvgIpc) is 3.46. The number of rotatable bonds is 5. The minimum absolute atomic E-state index is 0.971. The van der Waals surface area contributed by atoms with E-state index >= 15 is 0 Å². The Hall–Kier alpha value is -5.40. The van der Waals surface area contributed by atoms with E-state index in [4.69, 9.17) is 0 Å². The van der Waals surface area contributed by atoms with Crippen molar-refractivity contribution in [2.45, 2.75) is 39.0 Å². The Morgan fingerprint density at radius 3 is 2.13 bits per heavy atom. The van der Waals surface area contributed by atoms with Crippen molar-refractivity contribution in [1.82, 2.24) is 4.57 Å². The molecule has 226 valence electrons. The van der Waals surface area contributed by atoms with Crippen LogP contribution >= 0.6 is 0 Å². The van der Waals surface area contributed by atoms with Crippen LogP contribution in [0.5, 0.6) is 0 Å². The van der Waals surface area contributed by atoms with E-state index in [0.717, 1.165) is 32.1 Å². The van der Waals surface area contributed by atoms with Gasteiger partial charge in [-0.15, -0.1) is 0 Å². The molecule has 0 spiro atoms. The third-order valence-electron chi connectivity index (χ3n) is 10.5. The fourth-order valence-electron chi connectivity index (χ4n) is 8.49. The molecule has 0 amide bonds. The van der Waals surface area contributed by atoms with Crippen molar-refractivity contribution >= 4 is 50.7 Å². The smallest absolute Gasteiger partial charge is 0.0537 e. The first kappa shape index (κ1) is 27.9. The van der Waals surface area contributed by atoms with E-state index < -0.39 is 0 Å². The van der Waals surface area contributed by atoms with Gasteiger partial charge in [-0.2, -0.15) is 0 Å². The van der Waals surface area contributed by atoms with Crippen molar-refractivity contribution in [3.8, 4) is 27.9 Å². The molecule has 0 bridgehead atoms. The molecular formula is C46H37N. The zero-order valence-corrected chi connectivity index (χ0v) is 26.9. The number of aromatic nitrogens is 1. The predicted molar refractivity (Wildman–Crippen MR) is 203 cm³/mol. The van der Waals surface area contributed by atoms with Crippen LogP contribution in [-0.4, -0.2) is 4.57 Å². The second-order valence-electron chi connectivity index (χ2n) is 12.9. The molecule has 0 fully saturated rings. The molecule has 0 radical (unpaired) electrons. The van der Waals surface area contributed by atoms with Crippen LogP contribution in [-0.2, 0) is 19.3 Å². The summed E-state index contributed by atoms with van der Waals surface area (Å²) in [6, 6.07) is 38.4. The zero-order valence-electron chi connectivity index (χ0n) is 26.9. The first-order valence-corrected chi connectivity index (χ1v) is 17.1. The van der Waals surface area contributed by atoms with Crippen molar-refractivity contribution < 1.29 is 0 Å². The molecule has 2 aliphatic rings. The molecule has 1 nitrogen and oxygen atoms in total. The lowest BCUT2D eigenvalue weighted by atomic mass is 9.78. The van der Waals surface area contributed by atoms with E-state index in [-0.39, 0.29) is 0 Å². The minimum atomic E-state index is 0.971. The Labute approximate surface area is 276 Å².